The van der Waals surface area contributed by atoms with Gasteiger partial charge < -0.3 is 50.0 Å². The molecule has 0 aromatic heterocycles. The Kier molecular flexibility index (Phi) is 6.90. The predicted octanol–water partition coefficient (Wildman–Crippen LogP) is 4.85. The molecule has 5 atom stereocenters. The molecule has 0 saturated carbocycles. The molecule has 2 heterocycles. The van der Waals surface area contributed by atoms with Crippen molar-refractivity contribution in [3.05, 3.63) is 93.5 Å². The number of aromatic hydroxyl groups is 6. The Labute approximate surface area is 247 Å². The Morgan fingerprint density at radius 3 is 1.91 bits per heavy atom. The molecule has 5 unspecified atom stereocenters. The predicted molar refractivity (Wildman–Crippen MR) is 154 cm³/mol. The van der Waals surface area contributed by atoms with Gasteiger partial charge in [0, 0.05) is 30.2 Å². The minimum Gasteiger partial charge on any atom is -0.508 e. The van der Waals surface area contributed by atoms with E-state index in [2.05, 4.69) is 0 Å². The van der Waals surface area contributed by atoms with E-state index in [1.54, 1.807) is 31.2 Å². The molecule has 0 aliphatic carbocycles. The van der Waals surface area contributed by atoms with Crippen LogP contribution in [-0.2, 0) is 11.2 Å². The molecule has 0 bridgehead atoms. The maximum absolute atomic E-state index is 11.3. The van der Waals surface area contributed by atoms with Gasteiger partial charge in [0.05, 0.1) is 12.0 Å². The number of hydrogen-bond acceptors (Lipinski definition) is 10. The van der Waals surface area contributed by atoms with Crippen molar-refractivity contribution in [1.29, 1.82) is 0 Å². The Morgan fingerprint density at radius 2 is 1.30 bits per heavy atom. The molecule has 0 radical (unpaired) electrons. The molecule has 0 fully saturated rings. The second kappa shape index (κ2) is 10.5. The third-order valence-corrected chi connectivity index (χ3v) is 8.31. The van der Waals surface area contributed by atoms with Gasteiger partial charge in [-0.3, -0.25) is 0 Å². The average Bonchev–Trinajstić information content (AvgIpc) is 2.95. The van der Waals surface area contributed by atoms with E-state index in [9.17, 15) is 35.7 Å². The third kappa shape index (κ3) is 4.68. The van der Waals surface area contributed by atoms with Crippen LogP contribution in [0.2, 0.25) is 0 Å². The minimum atomic E-state index is -1.10. The summed E-state index contributed by atoms with van der Waals surface area (Å²) in [6.07, 6.45) is -3.65. The van der Waals surface area contributed by atoms with Gasteiger partial charge in [0.1, 0.15) is 35.2 Å². The topological polar surface area (TPSA) is 169 Å². The first-order valence-electron chi connectivity index (χ1n) is 13.7. The molecule has 2 aliphatic rings. The highest BCUT2D eigenvalue weighted by Crippen LogP contribution is 2.56. The first-order chi connectivity index (χ1) is 20.5. The average molecular weight is 589 g/mol. The first kappa shape index (κ1) is 28.3. The molecule has 0 spiro atoms. The summed E-state index contributed by atoms with van der Waals surface area (Å²) in [6.45, 7) is 3.61. The molecule has 10 nitrogen and oxygen atoms in total. The number of phenolic OH excluding ortho intramolecular Hbond substituents is 6. The smallest absolute Gasteiger partial charge is 0.157 e. The molecule has 43 heavy (non-hydrogen) atoms. The van der Waals surface area contributed by atoms with E-state index < -0.39 is 30.3 Å². The van der Waals surface area contributed by atoms with Crippen LogP contribution in [0, 0.1) is 13.8 Å². The highest BCUT2D eigenvalue weighted by molar-refractivity contribution is 5.63. The number of ether oxygens (including phenoxy) is 3. The van der Waals surface area contributed by atoms with Crippen LogP contribution in [0.1, 0.15) is 57.1 Å². The van der Waals surface area contributed by atoms with Crippen molar-refractivity contribution in [3.63, 3.8) is 0 Å². The fraction of sp³-hybridized carbons (Fsp3) is 0.273. The van der Waals surface area contributed by atoms with E-state index in [1.165, 1.54) is 37.4 Å². The highest BCUT2D eigenvalue weighted by atomic mass is 16.5. The van der Waals surface area contributed by atoms with Crippen LogP contribution < -0.4 is 9.47 Å². The lowest BCUT2D eigenvalue weighted by Gasteiger charge is -2.42. The Morgan fingerprint density at radius 1 is 0.674 bits per heavy atom. The van der Waals surface area contributed by atoms with Crippen molar-refractivity contribution in [2.75, 3.05) is 7.11 Å². The minimum absolute atomic E-state index is 0.0175. The molecule has 224 valence electrons. The van der Waals surface area contributed by atoms with Gasteiger partial charge in [0.25, 0.3) is 0 Å². The van der Waals surface area contributed by atoms with Gasteiger partial charge in [0.15, 0.2) is 29.1 Å². The van der Waals surface area contributed by atoms with Crippen LogP contribution in [-0.4, -0.2) is 55.1 Å². The number of aliphatic hydroxyl groups excluding tert-OH is 1. The zero-order chi connectivity index (χ0) is 30.7. The molecule has 7 N–H and O–H groups in total. The summed E-state index contributed by atoms with van der Waals surface area (Å²) in [5.74, 6) is -1.48. The second-order valence-corrected chi connectivity index (χ2v) is 11.2. The van der Waals surface area contributed by atoms with Gasteiger partial charge >= 0.3 is 0 Å². The van der Waals surface area contributed by atoms with E-state index in [1.807, 2.05) is 6.92 Å². The Bertz CT molecular complexity index is 1730. The number of aryl methyl sites for hydroxylation is 2. The monoisotopic (exact) mass is 588 g/mol. The fourth-order valence-corrected chi connectivity index (χ4v) is 6.32. The zero-order valence-electron chi connectivity index (χ0n) is 23.6. The van der Waals surface area contributed by atoms with E-state index in [-0.39, 0.29) is 46.7 Å². The number of rotatable bonds is 4. The van der Waals surface area contributed by atoms with Crippen molar-refractivity contribution < 1.29 is 50.0 Å². The molecular formula is C33H32O10. The highest BCUT2D eigenvalue weighted by Gasteiger charge is 2.46. The van der Waals surface area contributed by atoms with Crippen molar-refractivity contribution in [2.24, 2.45) is 0 Å². The first-order valence-corrected chi connectivity index (χ1v) is 13.7. The van der Waals surface area contributed by atoms with Gasteiger partial charge in [-0.2, -0.15) is 0 Å². The molecule has 4 aromatic carbocycles. The van der Waals surface area contributed by atoms with E-state index >= 15 is 0 Å². The number of hydrogen-bond donors (Lipinski definition) is 7. The van der Waals surface area contributed by atoms with Gasteiger partial charge in [0.2, 0.25) is 0 Å². The van der Waals surface area contributed by atoms with Gasteiger partial charge in [-0.15, -0.1) is 0 Å². The lowest BCUT2D eigenvalue weighted by atomic mass is 9.76. The summed E-state index contributed by atoms with van der Waals surface area (Å²) in [6, 6.07) is 13.5. The van der Waals surface area contributed by atoms with Crippen molar-refractivity contribution in [1.82, 2.24) is 0 Å². The van der Waals surface area contributed by atoms with Crippen LogP contribution in [0.5, 0.6) is 46.0 Å². The third-order valence-electron chi connectivity index (χ3n) is 8.31. The van der Waals surface area contributed by atoms with Crippen molar-refractivity contribution in [2.45, 2.75) is 50.6 Å². The van der Waals surface area contributed by atoms with Crippen LogP contribution in [0.25, 0.3) is 0 Å². The molecule has 10 heteroatoms. The van der Waals surface area contributed by atoms with E-state index in [0.29, 0.717) is 39.1 Å². The van der Waals surface area contributed by atoms with Crippen LogP contribution >= 0.6 is 0 Å². The molecule has 6 rings (SSSR count). The number of aliphatic hydroxyl groups is 1. The van der Waals surface area contributed by atoms with Gasteiger partial charge in [-0.05, 0) is 78.6 Å². The normalized spacial score (nSPS) is 22.7. The lowest BCUT2D eigenvalue weighted by Crippen LogP contribution is -2.38. The standard InChI is InChI=1S/C33H32O10/c1-14-8-24(39)28-26(9-14)42-31(17-5-7-20(35)23(38)12-17)33(41-3)29(28)27-15(2)10-21(36)18-13-25(40)30(43-32(18)27)16-4-6-19(34)22(37)11-16/h4-12,25,29-31,33-40H,13H2,1-3H3. The summed E-state index contributed by atoms with van der Waals surface area (Å²) in [5, 5.41) is 73.6. The number of methoxy groups -OCH3 is 1. The summed E-state index contributed by atoms with van der Waals surface area (Å²) in [4.78, 5) is 0. The zero-order valence-corrected chi connectivity index (χ0v) is 23.6. The lowest BCUT2D eigenvalue weighted by molar-refractivity contribution is -0.0255. The molecule has 4 aromatic rings. The van der Waals surface area contributed by atoms with Gasteiger partial charge in [-0.25, -0.2) is 0 Å². The van der Waals surface area contributed by atoms with Gasteiger partial charge in [-0.1, -0.05) is 12.1 Å². The maximum Gasteiger partial charge on any atom is 0.157 e. The summed E-state index contributed by atoms with van der Waals surface area (Å²) < 4.78 is 18.9. The van der Waals surface area contributed by atoms with Crippen molar-refractivity contribution >= 4 is 0 Å². The summed E-state index contributed by atoms with van der Waals surface area (Å²) in [5.41, 5.74) is 3.66. The number of phenols is 6. The fourth-order valence-electron chi connectivity index (χ4n) is 6.32. The SMILES string of the molecule is COC1C(c2ccc(O)c(O)c2)Oc2cc(C)cc(O)c2C1c1c(C)cc(O)c2c1OC(c1ccc(O)c(O)c1)C(O)C2. The van der Waals surface area contributed by atoms with E-state index in [4.69, 9.17) is 14.2 Å². The van der Waals surface area contributed by atoms with Crippen LogP contribution in [0.15, 0.2) is 54.6 Å². The molecular weight excluding hydrogens is 556 g/mol. The second-order valence-electron chi connectivity index (χ2n) is 11.2. The molecule has 0 saturated heterocycles. The van der Waals surface area contributed by atoms with Crippen LogP contribution in [0.4, 0.5) is 0 Å². The van der Waals surface area contributed by atoms with Crippen LogP contribution in [0.3, 0.4) is 0 Å². The van der Waals surface area contributed by atoms with Crippen molar-refractivity contribution in [3.8, 4) is 46.0 Å². The largest absolute Gasteiger partial charge is 0.508 e. The summed E-state index contributed by atoms with van der Waals surface area (Å²) >= 11 is 0. The van der Waals surface area contributed by atoms with E-state index in [0.717, 1.165) is 5.56 Å². The number of fused-ring (bicyclic) bond motifs is 2. The molecule has 0 amide bonds. The number of benzene rings is 4. The maximum atomic E-state index is 11.3. The quantitative estimate of drug-likeness (QED) is 0.164. The molecule has 2 aliphatic heterocycles. The Hall–Kier alpha value is -4.80. The Balaban J connectivity index is 1.58. The summed E-state index contributed by atoms with van der Waals surface area (Å²) in [7, 11) is 1.50.